The third kappa shape index (κ3) is 4.21. The predicted octanol–water partition coefficient (Wildman–Crippen LogP) is 1.50. The summed E-state index contributed by atoms with van der Waals surface area (Å²) >= 11 is 0. The number of hydrogen-bond donors (Lipinski definition) is 0. The molecule has 0 spiro atoms. The van der Waals surface area contributed by atoms with E-state index < -0.39 is 11.4 Å². The van der Waals surface area contributed by atoms with E-state index in [1.54, 1.807) is 20.8 Å². The molecule has 0 unspecified atom stereocenters. The largest absolute Gasteiger partial charge is 0.456 e. The first-order chi connectivity index (χ1) is 10.4. The number of carbonyl (C=O) groups excluding carboxylic acids is 2. The molecule has 7 heteroatoms. The molecule has 0 amide bonds. The molecule has 1 aromatic heterocycles. The Kier molecular flexibility index (Phi) is 4.65. The van der Waals surface area contributed by atoms with Gasteiger partial charge in [-0.3, -0.25) is 4.79 Å². The number of ether oxygens (including phenoxy) is 1. The SMILES string of the molecule is CC(C)(C)C(=O)COC(=O)Cn1nnc(-c2ccccc2)n1. The van der Waals surface area contributed by atoms with Gasteiger partial charge in [-0.15, -0.1) is 10.2 Å². The van der Waals surface area contributed by atoms with Crippen molar-refractivity contribution in [2.75, 3.05) is 6.61 Å². The number of benzene rings is 1. The number of tetrazole rings is 1. The first kappa shape index (κ1) is 15.8. The molecule has 0 aliphatic rings. The number of carbonyl (C=O) groups is 2. The molecule has 0 aliphatic carbocycles. The van der Waals surface area contributed by atoms with Crippen LogP contribution in [-0.2, 0) is 20.9 Å². The highest BCUT2D eigenvalue weighted by Gasteiger charge is 2.22. The maximum atomic E-state index is 11.7. The number of ketones is 1. The number of aromatic nitrogens is 4. The van der Waals surface area contributed by atoms with E-state index in [2.05, 4.69) is 15.4 Å². The maximum absolute atomic E-state index is 11.7. The molecule has 0 N–H and O–H groups in total. The zero-order valence-electron chi connectivity index (χ0n) is 12.8. The van der Waals surface area contributed by atoms with Crippen LogP contribution in [0, 0.1) is 5.41 Å². The van der Waals surface area contributed by atoms with Crippen molar-refractivity contribution in [3.8, 4) is 11.4 Å². The minimum absolute atomic E-state index is 0.141. The van der Waals surface area contributed by atoms with Gasteiger partial charge in [-0.1, -0.05) is 51.1 Å². The molecule has 0 fully saturated rings. The average Bonchev–Trinajstić information content (AvgIpc) is 2.93. The smallest absolute Gasteiger partial charge is 0.330 e. The second kappa shape index (κ2) is 6.46. The Balaban J connectivity index is 1.91. The summed E-state index contributed by atoms with van der Waals surface area (Å²) in [5.74, 6) is -0.286. The average molecular weight is 302 g/mol. The first-order valence-electron chi connectivity index (χ1n) is 6.88. The molecule has 2 aromatic rings. The molecule has 116 valence electrons. The van der Waals surface area contributed by atoms with Crippen LogP contribution in [0.5, 0.6) is 0 Å². The van der Waals surface area contributed by atoms with Crippen LogP contribution in [0.25, 0.3) is 11.4 Å². The van der Waals surface area contributed by atoms with E-state index in [0.29, 0.717) is 5.82 Å². The van der Waals surface area contributed by atoms with E-state index in [1.165, 1.54) is 0 Å². The lowest BCUT2D eigenvalue weighted by Crippen LogP contribution is -2.27. The normalized spacial score (nSPS) is 11.2. The number of rotatable bonds is 5. The summed E-state index contributed by atoms with van der Waals surface area (Å²) in [4.78, 5) is 24.5. The summed E-state index contributed by atoms with van der Waals surface area (Å²) in [7, 11) is 0. The summed E-state index contributed by atoms with van der Waals surface area (Å²) in [6.07, 6.45) is 0. The standard InChI is InChI=1S/C15H18N4O3/c1-15(2,3)12(20)10-22-13(21)9-19-17-14(16-18-19)11-7-5-4-6-8-11/h4-8H,9-10H2,1-3H3. The van der Waals surface area contributed by atoms with Gasteiger partial charge >= 0.3 is 5.97 Å². The van der Waals surface area contributed by atoms with Crippen LogP contribution < -0.4 is 0 Å². The molecule has 0 bridgehead atoms. The van der Waals surface area contributed by atoms with Gasteiger partial charge in [-0.25, -0.2) is 4.79 Å². The van der Waals surface area contributed by atoms with Gasteiger partial charge in [-0.05, 0) is 5.21 Å². The van der Waals surface area contributed by atoms with Gasteiger partial charge in [0.1, 0.15) is 0 Å². The fourth-order valence-electron chi connectivity index (χ4n) is 1.54. The summed E-state index contributed by atoms with van der Waals surface area (Å²) in [6, 6.07) is 9.31. The number of hydrogen-bond acceptors (Lipinski definition) is 6. The Bertz CT molecular complexity index is 659. The van der Waals surface area contributed by atoms with Crippen molar-refractivity contribution in [3.05, 3.63) is 30.3 Å². The van der Waals surface area contributed by atoms with Crippen molar-refractivity contribution >= 4 is 11.8 Å². The van der Waals surface area contributed by atoms with Crippen molar-refractivity contribution in [2.24, 2.45) is 5.41 Å². The van der Waals surface area contributed by atoms with E-state index in [9.17, 15) is 9.59 Å². The van der Waals surface area contributed by atoms with E-state index in [0.717, 1.165) is 10.4 Å². The number of nitrogens with zero attached hydrogens (tertiary/aromatic N) is 4. The van der Waals surface area contributed by atoms with Gasteiger partial charge < -0.3 is 4.74 Å². The highest BCUT2D eigenvalue weighted by Crippen LogP contribution is 2.14. The second-order valence-corrected chi connectivity index (χ2v) is 5.84. The Morgan fingerprint density at radius 1 is 1.18 bits per heavy atom. The third-order valence-electron chi connectivity index (χ3n) is 2.96. The van der Waals surface area contributed by atoms with Crippen molar-refractivity contribution < 1.29 is 14.3 Å². The molecule has 7 nitrogen and oxygen atoms in total. The predicted molar refractivity (Wildman–Crippen MR) is 78.7 cm³/mol. The van der Waals surface area contributed by atoms with E-state index in [1.807, 2.05) is 30.3 Å². The van der Waals surface area contributed by atoms with Gasteiger partial charge in [-0.2, -0.15) is 4.80 Å². The summed E-state index contributed by atoms with van der Waals surface area (Å²) in [6.45, 7) is 4.89. The van der Waals surface area contributed by atoms with Crippen molar-refractivity contribution in [1.82, 2.24) is 20.2 Å². The Morgan fingerprint density at radius 2 is 1.86 bits per heavy atom. The number of Topliss-reactive ketones (excluding diaryl/α,β-unsaturated/α-hetero) is 1. The maximum Gasteiger partial charge on any atom is 0.330 e. The van der Waals surface area contributed by atoms with Crippen LogP contribution in [0.4, 0.5) is 0 Å². The number of esters is 1. The van der Waals surface area contributed by atoms with Crippen LogP contribution >= 0.6 is 0 Å². The quantitative estimate of drug-likeness (QED) is 0.778. The van der Waals surface area contributed by atoms with Crippen LogP contribution in [-0.4, -0.2) is 38.6 Å². The van der Waals surface area contributed by atoms with Gasteiger partial charge in [0.25, 0.3) is 0 Å². The molecule has 0 saturated carbocycles. The molecule has 2 rings (SSSR count). The zero-order chi connectivity index (χ0) is 16.2. The third-order valence-corrected chi connectivity index (χ3v) is 2.96. The monoisotopic (exact) mass is 302 g/mol. The zero-order valence-corrected chi connectivity index (χ0v) is 12.8. The minimum Gasteiger partial charge on any atom is -0.456 e. The van der Waals surface area contributed by atoms with Gasteiger partial charge in [0.15, 0.2) is 18.9 Å². The molecule has 0 atom stereocenters. The van der Waals surface area contributed by atoms with E-state index >= 15 is 0 Å². The van der Waals surface area contributed by atoms with Crippen LogP contribution in [0.2, 0.25) is 0 Å². The Hall–Kier alpha value is -2.57. The molecule has 0 radical (unpaired) electrons. The lowest BCUT2D eigenvalue weighted by atomic mass is 9.91. The highest BCUT2D eigenvalue weighted by atomic mass is 16.5. The topological polar surface area (TPSA) is 87.0 Å². The van der Waals surface area contributed by atoms with E-state index in [-0.39, 0.29) is 18.9 Å². The molecule has 22 heavy (non-hydrogen) atoms. The van der Waals surface area contributed by atoms with Gasteiger partial charge in [0, 0.05) is 11.0 Å². The van der Waals surface area contributed by atoms with Crippen LogP contribution in [0.1, 0.15) is 20.8 Å². The first-order valence-corrected chi connectivity index (χ1v) is 6.88. The summed E-state index contributed by atoms with van der Waals surface area (Å²) in [5, 5.41) is 11.8. The summed E-state index contributed by atoms with van der Waals surface area (Å²) < 4.78 is 4.93. The molecule has 0 saturated heterocycles. The Labute approximate surface area is 128 Å². The highest BCUT2D eigenvalue weighted by molar-refractivity contribution is 5.86. The lowest BCUT2D eigenvalue weighted by molar-refractivity contribution is -0.151. The van der Waals surface area contributed by atoms with Crippen molar-refractivity contribution in [3.63, 3.8) is 0 Å². The molecule has 0 aliphatic heterocycles. The van der Waals surface area contributed by atoms with Gasteiger partial charge in [0.05, 0.1) is 0 Å². The fraction of sp³-hybridized carbons (Fsp3) is 0.400. The van der Waals surface area contributed by atoms with Crippen LogP contribution in [0.3, 0.4) is 0 Å². The summed E-state index contributed by atoms with van der Waals surface area (Å²) in [5.41, 5.74) is 0.275. The Morgan fingerprint density at radius 3 is 2.50 bits per heavy atom. The van der Waals surface area contributed by atoms with Crippen molar-refractivity contribution in [1.29, 1.82) is 0 Å². The lowest BCUT2D eigenvalue weighted by Gasteiger charge is -2.15. The molecule has 1 aromatic carbocycles. The van der Waals surface area contributed by atoms with Crippen molar-refractivity contribution in [2.45, 2.75) is 27.3 Å². The minimum atomic E-state index is -0.574. The fourth-order valence-corrected chi connectivity index (χ4v) is 1.54. The molecular weight excluding hydrogens is 284 g/mol. The molecule has 1 heterocycles. The second-order valence-electron chi connectivity index (χ2n) is 5.84. The van der Waals surface area contributed by atoms with E-state index in [4.69, 9.17) is 4.74 Å². The van der Waals surface area contributed by atoms with Crippen LogP contribution in [0.15, 0.2) is 30.3 Å². The molecular formula is C15H18N4O3. The van der Waals surface area contributed by atoms with Gasteiger partial charge in [0.2, 0.25) is 5.82 Å².